The summed E-state index contributed by atoms with van der Waals surface area (Å²) in [5.41, 5.74) is 0. The molecule has 1 fully saturated rings. The van der Waals surface area contributed by atoms with E-state index in [4.69, 9.17) is 0 Å². The Balaban J connectivity index is 2.20. The van der Waals surface area contributed by atoms with Crippen molar-refractivity contribution in [2.24, 2.45) is 5.92 Å². The molecular formula is C7H10N. The van der Waals surface area contributed by atoms with E-state index in [9.17, 15) is 0 Å². The van der Waals surface area contributed by atoms with Crippen molar-refractivity contribution in [3.05, 3.63) is 18.7 Å². The standard InChI is InChI=1S/C7H10N/c1-3-7-4-2-6(1)5-8-7/h1,3,5-8H,2,4H2. The molecule has 0 saturated carbocycles. The molecule has 0 aromatic rings. The zero-order valence-electron chi connectivity index (χ0n) is 4.80. The van der Waals surface area contributed by atoms with Crippen LogP contribution in [0.2, 0.25) is 0 Å². The molecule has 1 heteroatoms. The molecule has 2 atom stereocenters. The van der Waals surface area contributed by atoms with E-state index in [1.54, 1.807) is 0 Å². The third-order valence-electron chi connectivity index (χ3n) is 1.93. The van der Waals surface area contributed by atoms with Gasteiger partial charge in [-0.05, 0) is 18.8 Å². The molecule has 3 aliphatic rings. The molecule has 1 radical (unpaired) electrons. The van der Waals surface area contributed by atoms with Crippen molar-refractivity contribution in [2.75, 3.05) is 0 Å². The molecule has 0 amide bonds. The van der Waals surface area contributed by atoms with Gasteiger partial charge in [-0.15, -0.1) is 0 Å². The molecule has 2 bridgehead atoms. The molecule has 3 rings (SSSR count). The van der Waals surface area contributed by atoms with Crippen LogP contribution in [0.25, 0.3) is 0 Å². The maximum absolute atomic E-state index is 3.31. The fourth-order valence-corrected chi connectivity index (χ4v) is 1.37. The lowest BCUT2D eigenvalue weighted by atomic mass is 9.88. The Kier molecular flexibility index (Phi) is 0.908. The summed E-state index contributed by atoms with van der Waals surface area (Å²) in [6.07, 6.45) is 7.25. The third-order valence-corrected chi connectivity index (χ3v) is 1.93. The first kappa shape index (κ1) is 4.57. The van der Waals surface area contributed by atoms with E-state index in [0.29, 0.717) is 6.04 Å². The second kappa shape index (κ2) is 1.59. The van der Waals surface area contributed by atoms with Crippen LogP contribution in [0.15, 0.2) is 12.2 Å². The third kappa shape index (κ3) is 0.583. The average Bonchev–Trinajstić information content (AvgIpc) is 1.92. The molecule has 1 N–H and O–H groups in total. The lowest BCUT2D eigenvalue weighted by molar-refractivity contribution is 0.416. The van der Waals surface area contributed by atoms with Crippen LogP contribution in [0.4, 0.5) is 0 Å². The summed E-state index contributed by atoms with van der Waals surface area (Å²) < 4.78 is 0. The van der Waals surface area contributed by atoms with E-state index >= 15 is 0 Å². The minimum atomic E-state index is 0.667. The molecule has 0 aromatic heterocycles. The van der Waals surface area contributed by atoms with E-state index < -0.39 is 0 Å². The average molecular weight is 108 g/mol. The molecule has 1 saturated heterocycles. The fourth-order valence-electron chi connectivity index (χ4n) is 1.37. The number of rotatable bonds is 0. The van der Waals surface area contributed by atoms with Crippen molar-refractivity contribution in [1.82, 2.24) is 5.32 Å². The van der Waals surface area contributed by atoms with Crippen LogP contribution >= 0.6 is 0 Å². The van der Waals surface area contributed by atoms with Crippen molar-refractivity contribution in [2.45, 2.75) is 18.9 Å². The van der Waals surface area contributed by atoms with Gasteiger partial charge in [0.25, 0.3) is 0 Å². The smallest absolute Gasteiger partial charge is 0.0295 e. The van der Waals surface area contributed by atoms with E-state index in [-0.39, 0.29) is 0 Å². The van der Waals surface area contributed by atoms with E-state index in [0.717, 1.165) is 5.92 Å². The molecule has 0 aromatic carbocycles. The number of fused-ring (bicyclic) bond motifs is 2. The first-order valence-corrected chi connectivity index (χ1v) is 3.23. The summed E-state index contributed by atoms with van der Waals surface area (Å²) in [5, 5.41) is 3.31. The molecule has 2 heterocycles. The van der Waals surface area contributed by atoms with Gasteiger partial charge < -0.3 is 5.32 Å². The first-order chi connectivity index (χ1) is 3.95. The Bertz CT molecular complexity index is 95.6. The number of hydrogen-bond donors (Lipinski definition) is 1. The van der Waals surface area contributed by atoms with Crippen LogP contribution in [-0.4, -0.2) is 6.04 Å². The van der Waals surface area contributed by atoms with Crippen molar-refractivity contribution >= 4 is 0 Å². The summed E-state index contributed by atoms with van der Waals surface area (Å²) in [6, 6.07) is 0.667. The van der Waals surface area contributed by atoms with Gasteiger partial charge in [0, 0.05) is 12.6 Å². The number of nitrogens with one attached hydrogen (secondary N) is 1. The van der Waals surface area contributed by atoms with Crippen molar-refractivity contribution in [3.8, 4) is 0 Å². The fraction of sp³-hybridized carbons (Fsp3) is 0.571. The lowest BCUT2D eigenvalue weighted by Gasteiger charge is -2.30. The van der Waals surface area contributed by atoms with Gasteiger partial charge in [-0.1, -0.05) is 12.2 Å². The van der Waals surface area contributed by atoms with E-state index in [1.807, 2.05) is 0 Å². The highest BCUT2D eigenvalue weighted by atomic mass is 14.9. The topological polar surface area (TPSA) is 12.0 Å². The normalized spacial score (nSPS) is 43.0. The van der Waals surface area contributed by atoms with Gasteiger partial charge in [0.2, 0.25) is 0 Å². The van der Waals surface area contributed by atoms with Crippen LogP contribution in [0.5, 0.6) is 0 Å². The molecule has 1 aliphatic carbocycles. The maximum atomic E-state index is 3.31. The van der Waals surface area contributed by atoms with Gasteiger partial charge in [0.15, 0.2) is 0 Å². The quantitative estimate of drug-likeness (QED) is 0.458. The SMILES string of the molecule is [CH]1NC2C=CC1CC2. The second-order valence-corrected chi connectivity index (χ2v) is 2.57. The van der Waals surface area contributed by atoms with Gasteiger partial charge in [0.05, 0.1) is 0 Å². The monoisotopic (exact) mass is 108 g/mol. The Morgan fingerprint density at radius 2 is 2.25 bits per heavy atom. The van der Waals surface area contributed by atoms with Gasteiger partial charge in [-0.25, -0.2) is 0 Å². The molecular weight excluding hydrogens is 98.1 g/mol. The molecule has 2 aliphatic heterocycles. The zero-order chi connectivity index (χ0) is 5.40. The molecule has 2 unspecified atom stereocenters. The summed E-state index contributed by atoms with van der Waals surface area (Å²) >= 11 is 0. The highest BCUT2D eigenvalue weighted by molar-refractivity contribution is 5.11. The Hall–Kier alpha value is -0.300. The first-order valence-electron chi connectivity index (χ1n) is 3.23. The summed E-state index contributed by atoms with van der Waals surface area (Å²) in [7, 11) is 0. The maximum Gasteiger partial charge on any atom is 0.0295 e. The van der Waals surface area contributed by atoms with E-state index in [1.165, 1.54) is 12.8 Å². The van der Waals surface area contributed by atoms with Gasteiger partial charge >= 0.3 is 0 Å². The van der Waals surface area contributed by atoms with Gasteiger partial charge in [0.1, 0.15) is 0 Å². The summed E-state index contributed by atoms with van der Waals surface area (Å²) in [4.78, 5) is 0. The predicted octanol–water partition coefficient (Wildman–Crippen LogP) is 1.09. The Morgan fingerprint density at radius 1 is 1.25 bits per heavy atom. The van der Waals surface area contributed by atoms with Gasteiger partial charge in [-0.3, -0.25) is 0 Å². The highest BCUT2D eigenvalue weighted by Crippen LogP contribution is 2.24. The molecule has 8 heavy (non-hydrogen) atoms. The lowest BCUT2D eigenvalue weighted by Crippen LogP contribution is -2.36. The van der Waals surface area contributed by atoms with Crippen LogP contribution in [0, 0.1) is 12.5 Å². The minimum absolute atomic E-state index is 0.667. The van der Waals surface area contributed by atoms with Crippen molar-refractivity contribution in [3.63, 3.8) is 0 Å². The number of hydrogen-bond acceptors (Lipinski definition) is 1. The predicted molar refractivity (Wildman–Crippen MR) is 33.1 cm³/mol. The summed E-state index contributed by atoms with van der Waals surface area (Å²) in [6.45, 7) is 2.20. The van der Waals surface area contributed by atoms with E-state index in [2.05, 4.69) is 24.0 Å². The summed E-state index contributed by atoms with van der Waals surface area (Å²) in [5.74, 6) is 0.736. The Labute approximate surface area is 49.8 Å². The molecule has 0 spiro atoms. The van der Waals surface area contributed by atoms with Crippen LogP contribution in [-0.2, 0) is 0 Å². The Morgan fingerprint density at radius 3 is 2.38 bits per heavy atom. The largest absolute Gasteiger partial charge is 0.306 e. The van der Waals surface area contributed by atoms with Crippen molar-refractivity contribution < 1.29 is 0 Å². The van der Waals surface area contributed by atoms with Crippen LogP contribution in [0.1, 0.15) is 12.8 Å². The highest BCUT2D eigenvalue weighted by Gasteiger charge is 2.21. The molecule has 1 nitrogen and oxygen atoms in total. The number of piperidine rings is 1. The van der Waals surface area contributed by atoms with Crippen molar-refractivity contribution in [1.29, 1.82) is 0 Å². The van der Waals surface area contributed by atoms with Crippen LogP contribution in [0.3, 0.4) is 0 Å². The molecule has 43 valence electrons. The second-order valence-electron chi connectivity index (χ2n) is 2.57. The van der Waals surface area contributed by atoms with Gasteiger partial charge in [-0.2, -0.15) is 0 Å². The van der Waals surface area contributed by atoms with Crippen LogP contribution < -0.4 is 5.32 Å². The zero-order valence-corrected chi connectivity index (χ0v) is 4.80. The minimum Gasteiger partial charge on any atom is -0.306 e.